The third-order valence-corrected chi connectivity index (χ3v) is 5.11. The zero-order valence-corrected chi connectivity index (χ0v) is 15.9. The zero-order chi connectivity index (χ0) is 19.1. The van der Waals surface area contributed by atoms with E-state index < -0.39 is 24.6 Å². The Hall–Kier alpha value is -1.59. The fourth-order valence-corrected chi connectivity index (χ4v) is 3.92. The number of aliphatic carboxylic acids is 1. The van der Waals surface area contributed by atoms with Crippen LogP contribution in [0, 0.1) is 13.8 Å². The number of carbonyl (C=O) groups excluding carboxylic acids is 1. The molecule has 0 radical (unpaired) electrons. The lowest BCUT2D eigenvalue weighted by atomic mass is 9.88. The second-order valence-corrected chi connectivity index (χ2v) is 7.62. The Kier molecular flexibility index (Phi) is 7.91. The van der Waals surface area contributed by atoms with Gasteiger partial charge in [-0.2, -0.15) is 0 Å². The van der Waals surface area contributed by atoms with E-state index in [9.17, 15) is 20.1 Å². The zero-order valence-electron chi connectivity index (χ0n) is 15.9. The van der Waals surface area contributed by atoms with Crippen molar-refractivity contribution in [2.24, 2.45) is 0 Å². The highest BCUT2D eigenvalue weighted by Gasteiger charge is 2.21. The van der Waals surface area contributed by atoms with Crippen molar-refractivity contribution in [2.75, 3.05) is 6.61 Å². The van der Waals surface area contributed by atoms with Crippen molar-refractivity contribution in [3.05, 3.63) is 28.8 Å². The Morgan fingerprint density at radius 3 is 2.42 bits per heavy atom. The van der Waals surface area contributed by atoms with Crippen LogP contribution in [0.1, 0.15) is 74.0 Å². The van der Waals surface area contributed by atoms with Gasteiger partial charge in [0, 0.05) is 18.8 Å². The minimum atomic E-state index is -1.32. The molecule has 2 N–H and O–H groups in total. The molecule has 26 heavy (non-hydrogen) atoms. The van der Waals surface area contributed by atoms with E-state index >= 15 is 0 Å². The van der Waals surface area contributed by atoms with Crippen LogP contribution in [0.4, 0.5) is 0 Å². The fraction of sp³-hybridized carbons (Fsp3) is 0.667. The van der Waals surface area contributed by atoms with Gasteiger partial charge < -0.3 is 24.9 Å². The molecule has 1 aliphatic rings. The van der Waals surface area contributed by atoms with E-state index in [1.54, 1.807) is 0 Å². The molecular weight excluding hydrogens is 332 g/mol. The third-order valence-electron chi connectivity index (χ3n) is 5.11. The molecule has 0 aromatic heterocycles. The Morgan fingerprint density at radius 1 is 1.15 bits per heavy atom. The Morgan fingerprint density at radius 2 is 1.81 bits per heavy atom. The molecule has 1 saturated carbocycles. The monoisotopic (exact) mass is 363 g/mol. The molecule has 0 bridgehead atoms. The van der Waals surface area contributed by atoms with Gasteiger partial charge in [0.15, 0.2) is 0 Å². The van der Waals surface area contributed by atoms with Gasteiger partial charge in [-0.05, 0) is 43.7 Å². The second kappa shape index (κ2) is 9.93. The van der Waals surface area contributed by atoms with Crippen LogP contribution in [0.2, 0.25) is 0 Å². The van der Waals surface area contributed by atoms with Crippen LogP contribution in [0.5, 0.6) is 5.75 Å². The quantitative estimate of drug-likeness (QED) is 0.692. The summed E-state index contributed by atoms with van der Waals surface area (Å²) in [5.74, 6) is -0.0153. The molecule has 1 aromatic carbocycles. The van der Waals surface area contributed by atoms with Gasteiger partial charge >= 0.3 is 0 Å². The van der Waals surface area contributed by atoms with Crippen LogP contribution in [-0.2, 0) is 4.79 Å². The topological polar surface area (TPSA) is 89.8 Å². The maximum absolute atomic E-state index is 10.5. The van der Waals surface area contributed by atoms with E-state index in [0.717, 1.165) is 24.2 Å². The molecule has 1 aliphatic carbocycles. The Balaban J connectivity index is 2.06. The third kappa shape index (κ3) is 6.29. The molecule has 2 atom stereocenters. The van der Waals surface area contributed by atoms with Gasteiger partial charge in [0.2, 0.25) is 0 Å². The summed E-state index contributed by atoms with van der Waals surface area (Å²) >= 11 is 0. The average molecular weight is 363 g/mol. The molecule has 0 spiro atoms. The number of aryl methyl sites for hydroxylation is 2. The molecule has 0 amide bonds. The van der Waals surface area contributed by atoms with Gasteiger partial charge in [-0.3, -0.25) is 0 Å². The second-order valence-electron chi connectivity index (χ2n) is 7.62. The van der Waals surface area contributed by atoms with Crippen molar-refractivity contribution < 1.29 is 24.9 Å². The first-order valence-corrected chi connectivity index (χ1v) is 9.66. The van der Waals surface area contributed by atoms with E-state index in [1.807, 2.05) is 6.92 Å². The largest absolute Gasteiger partial charge is 0.550 e. The van der Waals surface area contributed by atoms with Crippen LogP contribution < -0.4 is 9.84 Å². The van der Waals surface area contributed by atoms with Crippen molar-refractivity contribution >= 4 is 5.97 Å². The molecule has 0 unspecified atom stereocenters. The summed E-state index contributed by atoms with van der Waals surface area (Å²) in [5.41, 5.74) is 3.47. The number of carboxylic acid groups (broad SMARTS) is 1. The van der Waals surface area contributed by atoms with Crippen molar-refractivity contribution in [2.45, 2.75) is 83.3 Å². The number of carboxylic acids is 1. The van der Waals surface area contributed by atoms with Crippen LogP contribution in [-0.4, -0.2) is 35.0 Å². The number of carbonyl (C=O) groups is 1. The molecule has 0 saturated heterocycles. The van der Waals surface area contributed by atoms with Crippen LogP contribution >= 0.6 is 0 Å². The summed E-state index contributed by atoms with van der Waals surface area (Å²) in [6.45, 7) is 4.13. The van der Waals surface area contributed by atoms with Crippen LogP contribution in [0.15, 0.2) is 12.1 Å². The number of benzene rings is 1. The molecule has 1 aromatic rings. The number of hydrogen-bond acceptors (Lipinski definition) is 5. The fourth-order valence-electron chi connectivity index (χ4n) is 3.92. The Bertz CT molecular complexity index is 590. The highest BCUT2D eigenvalue weighted by molar-refractivity contribution is 5.64. The van der Waals surface area contributed by atoms with E-state index in [1.165, 1.54) is 36.8 Å². The van der Waals surface area contributed by atoms with Gasteiger partial charge in [-0.1, -0.05) is 43.4 Å². The van der Waals surface area contributed by atoms with Gasteiger partial charge in [0.25, 0.3) is 0 Å². The molecule has 0 heterocycles. The van der Waals surface area contributed by atoms with Crippen molar-refractivity contribution in [1.29, 1.82) is 0 Å². The van der Waals surface area contributed by atoms with E-state index in [4.69, 9.17) is 4.74 Å². The number of hydrogen-bond donors (Lipinski definition) is 2. The molecule has 0 aliphatic heterocycles. The number of aliphatic hydroxyl groups excluding tert-OH is 2. The van der Waals surface area contributed by atoms with E-state index in [2.05, 4.69) is 19.1 Å². The predicted molar refractivity (Wildman–Crippen MR) is 98.1 cm³/mol. The van der Waals surface area contributed by atoms with Crippen LogP contribution in [0.3, 0.4) is 0 Å². The van der Waals surface area contributed by atoms with Crippen molar-refractivity contribution in [3.8, 4) is 5.75 Å². The molecule has 5 heteroatoms. The molecular formula is C21H31O5-. The SMILES string of the molecule is Cc1cc(C)c(OC[C@@H](O)C[C@@H](O)CC(=O)[O-])c(C2CCCCCC2)c1. The average Bonchev–Trinajstić information content (AvgIpc) is 2.81. The lowest BCUT2D eigenvalue weighted by Gasteiger charge is -2.23. The van der Waals surface area contributed by atoms with Gasteiger partial charge in [-0.15, -0.1) is 0 Å². The number of aliphatic hydroxyl groups is 2. The maximum atomic E-state index is 10.5. The summed E-state index contributed by atoms with van der Waals surface area (Å²) in [5, 5.41) is 30.2. The minimum absolute atomic E-state index is 0.0354. The predicted octanol–water partition coefficient (Wildman–Crippen LogP) is 2.37. The summed E-state index contributed by atoms with van der Waals surface area (Å²) in [6, 6.07) is 4.27. The number of ether oxygens (including phenoxy) is 1. The standard InChI is InChI=1S/C21H32O5/c1-14-9-15(2)21(19(10-14)16-7-5-3-4-6-8-16)26-13-18(23)11-17(22)12-20(24)25/h9-10,16-18,22-23H,3-8,11-13H2,1-2H3,(H,24,25)/p-1/t17-,18+/m1/s1. The summed E-state index contributed by atoms with van der Waals surface area (Å²) in [6.07, 6.45) is 4.78. The van der Waals surface area contributed by atoms with E-state index in [0.29, 0.717) is 5.92 Å². The summed E-state index contributed by atoms with van der Waals surface area (Å²) in [7, 11) is 0. The van der Waals surface area contributed by atoms with Gasteiger partial charge in [-0.25, -0.2) is 0 Å². The van der Waals surface area contributed by atoms with Gasteiger partial charge in [0.1, 0.15) is 12.4 Å². The van der Waals surface area contributed by atoms with Crippen LogP contribution in [0.25, 0.3) is 0 Å². The van der Waals surface area contributed by atoms with E-state index in [-0.39, 0.29) is 13.0 Å². The minimum Gasteiger partial charge on any atom is -0.550 e. The number of rotatable bonds is 8. The van der Waals surface area contributed by atoms with Crippen molar-refractivity contribution in [1.82, 2.24) is 0 Å². The summed E-state index contributed by atoms with van der Waals surface area (Å²) in [4.78, 5) is 10.5. The highest BCUT2D eigenvalue weighted by atomic mass is 16.5. The lowest BCUT2D eigenvalue weighted by molar-refractivity contribution is -0.307. The smallest absolute Gasteiger partial charge is 0.125 e. The highest BCUT2D eigenvalue weighted by Crippen LogP contribution is 2.39. The molecule has 146 valence electrons. The van der Waals surface area contributed by atoms with Gasteiger partial charge in [0.05, 0.1) is 12.2 Å². The maximum Gasteiger partial charge on any atom is 0.125 e. The molecule has 5 nitrogen and oxygen atoms in total. The Labute approximate surface area is 156 Å². The summed E-state index contributed by atoms with van der Waals surface area (Å²) < 4.78 is 5.96. The molecule has 1 fully saturated rings. The first-order chi connectivity index (χ1) is 12.4. The van der Waals surface area contributed by atoms with Crippen molar-refractivity contribution in [3.63, 3.8) is 0 Å². The first-order valence-electron chi connectivity index (χ1n) is 9.66. The lowest BCUT2D eigenvalue weighted by Crippen LogP contribution is -2.31. The normalized spacial score (nSPS) is 18.2. The first kappa shape index (κ1) is 20.7. The molecule has 2 rings (SSSR count).